The molecule has 0 amide bonds. The quantitative estimate of drug-likeness (QED) is 0.796. The van der Waals surface area contributed by atoms with E-state index in [-0.39, 0.29) is 19.4 Å². The van der Waals surface area contributed by atoms with Crippen molar-refractivity contribution in [1.82, 2.24) is 0 Å². The Hall–Kier alpha value is -0.900. The van der Waals surface area contributed by atoms with E-state index < -0.39 is 11.3 Å². The molecule has 78 valence electrons. The van der Waals surface area contributed by atoms with Gasteiger partial charge in [0.05, 0.1) is 5.41 Å². The summed E-state index contributed by atoms with van der Waals surface area (Å²) in [5, 5.41) is 0. The van der Waals surface area contributed by atoms with Crippen molar-refractivity contribution in [3.63, 3.8) is 0 Å². The van der Waals surface area contributed by atoms with Crippen molar-refractivity contribution < 1.29 is 13.2 Å². The molecule has 2 nitrogen and oxygen atoms in total. The van der Waals surface area contributed by atoms with Gasteiger partial charge in [-0.2, -0.15) is 0 Å². The van der Waals surface area contributed by atoms with Crippen molar-refractivity contribution in [3.8, 4) is 0 Å². The first-order valence-electron chi connectivity index (χ1n) is 4.62. The lowest BCUT2D eigenvalue weighted by atomic mass is 9.64. The van der Waals surface area contributed by atoms with Crippen LogP contribution in [0.2, 0.25) is 0 Å². The average Bonchev–Trinajstić information content (AvgIpc) is 2.47. The zero-order valence-electron chi connectivity index (χ0n) is 8.02. The minimum absolute atomic E-state index is 0.191. The summed E-state index contributed by atoms with van der Waals surface area (Å²) in [6.45, 7) is 2.01. The monoisotopic (exact) mass is 201 g/mol. The zero-order valence-corrected chi connectivity index (χ0v) is 8.02. The maximum Gasteiger partial charge on any atom is 0.250 e. The molecule has 4 heteroatoms. The number of hydrogen-bond acceptors (Lipinski definition) is 2. The second-order valence-electron chi connectivity index (χ2n) is 4.10. The second kappa shape index (κ2) is 2.79. The molecule has 0 atom stereocenters. The summed E-state index contributed by atoms with van der Waals surface area (Å²) in [5.74, 6) is -1.23. The number of hydrogen-bond donors (Lipinski definition) is 1. The van der Waals surface area contributed by atoms with Gasteiger partial charge in [-0.05, 0) is 19.1 Å². The van der Waals surface area contributed by atoms with Crippen molar-refractivity contribution >= 4 is 0 Å². The third-order valence-corrected chi connectivity index (χ3v) is 2.85. The second-order valence-corrected chi connectivity index (χ2v) is 4.10. The number of aryl methyl sites for hydroxylation is 1. The highest BCUT2D eigenvalue weighted by Crippen LogP contribution is 2.53. The van der Waals surface area contributed by atoms with Gasteiger partial charge in [-0.15, -0.1) is 0 Å². The van der Waals surface area contributed by atoms with Gasteiger partial charge in [0.2, 0.25) is 5.92 Å². The Morgan fingerprint density at radius 2 is 2.07 bits per heavy atom. The third kappa shape index (κ3) is 1.34. The normalized spacial score (nSPS) is 23.1. The van der Waals surface area contributed by atoms with E-state index in [2.05, 4.69) is 0 Å². The summed E-state index contributed by atoms with van der Waals surface area (Å²) in [7, 11) is 0. The fourth-order valence-corrected chi connectivity index (χ4v) is 2.08. The van der Waals surface area contributed by atoms with E-state index in [1.165, 1.54) is 0 Å². The zero-order chi connectivity index (χ0) is 10.4. The van der Waals surface area contributed by atoms with E-state index in [0.717, 1.165) is 5.76 Å². The SMILES string of the molecule is Cc1ccc(C2(CN)CC(F)(F)C2)o1. The largest absolute Gasteiger partial charge is 0.466 e. The van der Waals surface area contributed by atoms with E-state index in [4.69, 9.17) is 10.2 Å². The van der Waals surface area contributed by atoms with Gasteiger partial charge in [0.1, 0.15) is 11.5 Å². The van der Waals surface area contributed by atoms with Gasteiger partial charge in [-0.25, -0.2) is 8.78 Å². The predicted octanol–water partition coefficient (Wildman–Crippen LogP) is 2.21. The fourth-order valence-electron chi connectivity index (χ4n) is 2.08. The summed E-state index contributed by atoms with van der Waals surface area (Å²) in [6, 6.07) is 3.53. The van der Waals surface area contributed by atoms with Gasteiger partial charge < -0.3 is 10.2 Å². The van der Waals surface area contributed by atoms with Crippen LogP contribution in [0.25, 0.3) is 0 Å². The van der Waals surface area contributed by atoms with Gasteiger partial charge in [-0.1, -0.05) is 0 Å². The first kappa shape index (κ1) is 9.65. The highest BCUT2D eigenvalue weighted by molar-refractivity contribution is 5.24. The molecule has 2 rings (SSSR count). The number of alkyl halides is 2. The molecule has 1 fully saturated rings. The van der Waals surface area contributed by atoms with E-state index in [9.17, 15) is 8.78 Å². The molecule has 0 radical (unpaired) electrons. The smallest absolute Gasteiger partial charge is 0.250 e. The standard InChI is InChI=1S/C10H13F2NO/c1-7-2-3-8(14-7)9(6-13)4-10(11,12)5-9/h2-3H,4-6,13H2,1H3. The van der Waals surface area contributed by atoms with Crippen LogP contribution in [-0.2, 0) is 5.41 Å². The summed E-state index contributed by atoms with van der Waals surface area (Å²) in [5.41, 5.74) is 4.91. The van der Waals surface area contributed by atoms with Crippen LogP contribution in [0.3, 0.4) is 0 Å². The molecule has 14 heavy (non-hydrogen) atoms. The molecule has 1 aromatic rings. The predicted molar refractivity (Wildman–Crippen MR) is 48.4 cm³/mol. The molecule has 1 saturated carbocycles. The molecule has 1 aromatic heterocycles. The van der Waals surface area contributed by atoms with Gasteiger partial charge in [0.15, 0.2) is 0 Å². The summed E-state index contributed by atoms with van der Waals surface area (Å²) in [6.07, 6.45) is -0.382. The van der Waals surface area contributed by atoms with Crippen LogP contribution in [-0.4, -0.2) is 12.5 Å². The molecule has 1 heterocycles. The van der Waals surface area contributed by atoms with E-state index in [1.54, 1.807) is 19.1 Å². The first-order chi connectivity index (χ1) is 6.47. The summed E-state index contributed by atoms with van der Waals surface area (Å²) >= 11 is 0. The van der Waals surface area contributed by atoms with Gasteiger partial charge in [0, 0.05) is 19.4 Å². The molecule has 1 aliphatic rings. The van der Waals surface area contributed by atoms with Crippen LogP contribution in [0, 0.1) is 6.92 Å². The lowest BCUT2D eigenvalue weighted by Crippen LogP contribution is -2.53. The maximum absolute atomic E-state index is 12.8. The van der Waals surface area contributed by atoms with Gasteiger partial charge >= 0.3 is 0 Å². The molecule has 0 spiro atoms. The van der Waals surface area contributed by atoms with E-state index >= 15 is 0 Å². The van der Waals surface area contributed by atoms with Crippen molar-refractivity contribution in [1.29, 1.82) is 0 Å². The first-order valence-corrected chi connectivity index (χ1v) is 4.62. The molecular formula is C10H13F2NO. The van der Waals surface area contributed by atoms with Gasteiger partial charge in [-0.3, -0.25) is 0 Å². The van der Waals surface area contributed by atoms with Crippen molar-refractivity contribution in [2.75, 3.05) is 6.54 Å². The van der Waals surface area contributed by atoms with Crippen molar-refractivity contribution in [3.05, 3.63) is 23.7 Å². The van der Waals surface area contributed by atoms with Crippen LogP contribution >= 0.6 is 0 Å². The number of furan rings is 1. The highest BCUT2D eigenvalue weighted by atomic mass is 19.3. The van der Waals surface area contributed by atoms with E-state index in [0.29, 0.717) is 5.76 Å². The number of rotatable bonds is 2. The fraction of sp³-hybridized carbons (Fsp3) is 0.600. The molecule has 0 saturated heterocycles. The van der Waals surface area contributed by atoms with Crippen molar-refractivity contribution in [2.45, 2.75) is 31.1 Å². The molecule has 0 aliphatic heterocycles. The molecular weight excluding hydrogens is 188 g/mol. The molecule has 0 aromatic carbocycles. The molecule has 2 N–H and O–H groups in total. The molecule has 0 unspecified atom stereocenters. The Bertz CT molecular complexity index is 338. The topological polar surface area (TPSA) is 39.2 Å². The summed E-state index contributed by atoms with van der Waals surface area (Å²) in [4.78, 5) is 0. The molecule has 0 bridgehead atoms. The Morgan fingerprint density at radius 1 is 1.43 bits per heavy atom. The highest BCUT2D eigenvalue weighted by Gasteiger charge is 2.58. The van der Waals surface area contributed by atoms with Crippen LogP contribution in [0.4, 0.5) is 8.78 Å². The Labute approximate surface area is 81.1 Å². The Balaban J connectivity index is 2.24. The van der Waals surface area contributed by atoms with Crippen LogP contribution in [0.1, 0.15) is 24.4 Å². The Morgan fingerprint density at radius 3 is 2.43 bits per heavy atom. The lowest BCUT2D eigenvalue weighted by Gasteiger charge is -2.45. The lowest BCUT2D eigenvalue weighted by molar-refractivity contribution is -0.129. The summed E-state index contributed by atoms with van der Waals surface area (Å²) < 4.78 is 31.0. The van der Waals surface area contributed by atoms with E-state index in [1.807, 2.05) is 0 Å². The van der Waals surface area contributed by atoms with Crippen LogP contribution < -0.4 is 5.73 Å². The number of nitrogens with two attached hydrogens (primary N) is 1. The van der Waals surface area contributed by atoms with Gasteiger partial charge in [0.25, 0.3) is 0 Å². The molecule has 1 aliphatic carbocycles. The minimum Gasteiger partial charge on any atom is -0.466 e. The Kier molecular flexibility index (Phi) is 1.93. The number of halogens is 2. The minimum atomic E-state index is -2.57. The van der Waals surface area contributed by atoms with Crippen molar-refractivity contribution in [2.24, 2.45) is 5.73 Å². The third-order valence-electron chi connectivity index (χ3n) is 2.85. The maximum atomic E-state index is 12.8. The van der Waals surface area contributed by atoms with Crippen LogP contribution in [0.5, 0.6) is 0 Å². The average molecular weight is 201 g/mol. The van der Waals surface area contributed by atoms with Crippen LogP contribution in [0.15, 0.2) is 16.5 Å².